The maximum absolute atomic E-state index is 12.4. The zero-order valence-electron chi connectivity index (χ0n) is 13.7. The number of nitrogens with zero attached hydrogens (tertiary/aromatic N) is 1. The number of carbonyl (C=O) groups is 2. The summed E-state index contributed by atoms with van der Waals surface area (Å²) in [7, 11) is -3.74. The molecule has 6 nitrogen and oxygen atoms in total. The summed E-state index contributed by atoms with van der Waals surface area (Å²) in [5.41, 5.74) is 1.63. The largest absolute Gasteiger partial charge is 0.312 e. The summed E-state index contributed by atoms with van der Waals surface area (Å²) in [5.74, 6) is -0.0390. The third-order valence-corrected chi connectivity index (χ3v) is 5.47. The first-order valence-electron chi connectivity index (χ1n) is 7.91. The number of nitrogens with one attached hydrogen (secondary N) is 1. The topological polar surface area (TPSA) is 83.6 Å². The predicted octanol–water partition coefficient (Wildman–Crippen LogP) is 2.82. The minimum Gasteiger partial charge on any atom is -0.312 e. The van der Waals surface area contributed by atoms with E-state index in [2.05, 4.69) is 4.72 Å². The van der Waals surface area contributed by atoms with Gasteiger partial charge in [0, 0.05) is 29.9 Å². The van der Waals surface area contributed by atoms with Crippen LogP contribution in [0.15, 0.2) is 53.4 Å². The van der Waals surface area contributed by atoms with Gasteiger partial charge in [-0.25, -0.2) is 8.42 Å². The number of Topliss-reactive ketones (excluding diaryl/α,β-unsaturated/α-hetero) is 1. The van der Waals surface area contributed by atoms with Crippen molar-refractivity contribution in [1.29, 1.82) is 0 Å². The molecular weight excluding hydrogens is 340 g/mol. The third kappa shape index (κ3) is 3.71. The van der Waals surface area contributed by atoms with Crippen molar-refractivity contribution in [2.45, 2.75) is 24.7 Å². The fraction of sp³-hybridized carbons (Fsp3) is 0.222. The molecule has 0 saturated carbocycles. The first kappa shape index (κ1) is 17.2. The van der Waals surface area contributed by atoms with Crippen LogP contribution in [0.2, 0.25) is 0 Å². The van der Waals surface area contributed by atoms with E-state index in [1.165, 1.54) is 31.2 Å². The molecule has 3 rings (SSSR count). The molecule has 1 aliphatic heterocycles. The molecule has 25 heavy (non-hydrogen) atoms. The highest BCUT2D eigenvalue weighted by Gasteiger charge is 2.21. The lowest BCUT2D eigenvalue weighted by molar-refractivity contribution is -0.117. The normalized spacial score (nSPS) is 14.6. The minimum atomic E-state index is -3.74. The summed E-state index contributed by atoms with van der Waals surface area (Å²) in [6.45, 7) is 2.11. The third-order valence-electron chi connectivity index (χ3n) is 4.08. The highest BCUT2D eigenvalue weighted by Crippen LogP contribution is 2.24. The Labute approximate surface area is 146 Å². The van der Waals surface area contributed by atoms with Crippen molar-refractivity contribution in [2.24, 2.45) is 0 Å². The van der Waals surface area contributed by atoms with Gasteiger partial charge in [0.25, 0.3) is 10.0 Å². The summed E-state index contributed by atoms with van der Waals surface area (Å²) < 4.78 is 27.3. The van der Waals surface area contributed by atoms with Crippen LogP contribution in [-0.2, 0) is 14.8 Å². The van der Waals surface area contributed by atoms with Crippen LogP contribution in [0.1, 0.15) is 30.1 Å². The molecule has 0 atom stereocenters. The highest BCUT2D eigenvalue weighted by atomic mass is 32.2. The standard InChI is InChI=1S/C18H18N2O4S/c1-13(21)14-4-10-17(11-5-14)25(23,24)19-15-6-8-16(9-7-15)20-12-2-3-18(20)22/h4-11,19H,2-3,12H2,1H3. The van der Waals surface area contributed by atoms with Crippen LogP contribution in [0.5, 0.6) is 0 Å². The van der Waals surface area contributed by atoms with Crippen molar-refractivity contribution in [1.82, 2.24) is 0 Å². The fourth-order valence-corrected chi connectivity index (χ4v) is 3.77. The van der Waals surface area contributed by atoms with E-state index >= 15 is 0 Å². The second-order valence-electron chi connectivity index (χ2n) is 5.88. The Hall–Kier alpha value is -2.67. The monoisotopic (exact) mass is 358 g/mol. The average molecular weight is 358 g/mol. The van der Waals surface area contributed by atoms with Crippen LogP contribution in [-0.4, -0.2) is 26.7 Å². The van der Waals surface area contributed by atoms with E-state index in [0.29, 0.717) is 24.2 Å². The molecule has 1 amide bonds. The Morgan fingerprint density at radius 3 is 2.20 bits per heavy atom. The minimum absolute atomic E-state index is 0.0799. The lowest BCUT2D eigenvalue weighted by Gasteiger charge is -2.16. The summed E-state index contributed by atoms with van der Waals surface area (Å²) in [6, 6.07) is 12.5. The number of hydrogen-bond donors (Lipinski definition) is 1. The molecule has 2 aromatic carbocycles. The van der Waals surface area contributed by atoms with Crippen molar-refractivity contribution in [2.75, 3.05) is 16.2 Å². The van der Waals surface area contributed by atoms with Crippen LogP contribution in [0.3, 0.4) is 0 Å². The maximum atomic E-state index is 12.4. The smallest absolute Gasteiger partial charge is 0.261 e. The molecule has 0 aromatic heterocycles. The molecule has 1 saturated heterocycles. The van der Waals surface area contributed by atoms with E-state index in [0.717, 1.165) is 12.1 Å². The molecule has 0 spiro atoms. The summed E-state index contributed by atoms with van der Waals surface area (Å²) in [4.78, 5) is 24.8. The van der Waals surface area contributed by atoms with Crippen LogP contribution in [0.4, 0.5) is 11.4 Å². The molecule has 0 aliphatic carbocycles. The number of carbonyl (C=O) groups excluding carboxylic acids is 2. The van der Waals surface area contributed by atoms with Gasteiger partial charge in [-0.2, -0.15) is 0 Å². The number of sulfonamides is 1. The Balaban J connectivity index is 1.76. The number of benzene rings is 2. The van der Waals surface area contributed by atoms with Gasteiger partial charge in [-0.15, -0.1) is 0 Å². The molecular formula is C18H18N2O4S. The first-order chi connectivity index (χ1) is 11.9. The van der Waals surface area contributed by atoms with Crippen LogP contribution in [0.25, 0.3) is 0 Å². The number of ketones is 1. The van der Waals surface area contributed by atoms with Gasteiger partial charge in [0.2, 0.25) is 5.91 Å². The van der Waals surface area contributed by atoms with Gasteiger partial charge in [0.15, 0.2) is 5.78 Å². The molecule has 130 valence electrons. The van der Waals surface area contributed by atoms with E-state index in [4.69, 9.17) is 0 Å². The zero-order chi connectivity index (χ0) is 18.0. The van der Waals surface area contributed by atoms with E-state index in [9.17, 15) is 18.0 Å². The lowest BCUT2D eigenvalue weighted by Crippen LogP contribution is -2.23. The molecule has 1 fully saturated rings. The van der Waals surface area contributed by atoms with E-state index in [-0.39, 0.29) is 16.6 Å². The van der Waals surface area contributed by atoms with E-state index in [1.54, 1.807) is 29.2 Å². The zero-order valence-corrected chi connectivity index (χ0v) is 14.5. The maximum Gasteiger partial charge on any atom is 0.261 e. The van der Waals surface area contributed by atoms with Crippen molar-refractivity contribution in [3.8, 4) is 0 Å². The average Bonchev–Trinajstić information content (AvgIpc) is 3.01. The number of rotatable bonds is 5. The van der Waals surface area contributed by atoms with Crippen LogP contribution in [0, 0.1) is 0 Å². The Bertz CT molecular complexity index is 903. The molecule has 2 aromatic rings. The molecule has 0 unspecified atom stereocenters. The highest BCUT2D eigenvalue weighted by molar-refractivity contribution is 7.92. The van der Waals surface area contributed by atoms with Crippen LogP contribution >= 0.6 is 0 Å². The summed E-state index contributed by atoms with van der Waals surface area (Å²) in [5, 5.41) is 0. The number of hydrogen-bond acceptors (Lipinski definition) is 4. The van der Waals surface area contributed by atoms with Gasteiger partial charge in [-0.1, -0.05) is 12.1 Å². The molecule has 1 N–H and O–H groups in total. The van der Waals surface area contributed by atoms with Gasteiger partial charge in [0.1, 0.15) is 0 Å². The quantitative estimate of drug-likeness (QED) is 0.833. The summed E-state index contributed by atoms with van der Waals surface area (Å²) in [6.07, 6.45) is 1.38. The van der Waals surface area contributed by atoms with Crippen LogP contribution < -0.4 is 9.62 Å². The van der Waals surface area contributed by atoms with Gasteiger partial charge in [0.05, 0.1) is 4.90 Å². The van der Waals surface area contributed by atoms with E-state index < -0.39 is 10.0 Å². The molecule has 0 bridgehead atoms. The fourth-order valence-electron chi connectivity index (χ4n) is 2.71. The molecule has 7 heteroatoms. The Kier molecular flexibility index (Phi) is 4.59. The molecule has 1 aliphatic rings. The lowest BCUT2D eigenvalue weighted by atomic mass is 10.2. The van der Waals surface area contributed by atoms with Gasteiger partial charge >= 0.3 is 0 Å². The second kappa shape index (κ2) is 6.68. The van der Waals surface area contributed by atoms with Gasteiger partial charge < -0.3 is 4.90 Å². The first-order valence-corrected chi connectivity index (χ1v) is 9.39. The SMILES string of the molecule is CC(=O)c1ccc(S(=O)(=O)Nc2ccc(N3CCCC3=O)cc2)cc1. The molecule has 0 radical (unpaired) electrons. The summed E-state index contributed by atoms with van der Waals surface area (Å²) >= 11 is 0. The Morgan fingerprint density at radius 2 is 1.68 bits per heavy atom. The Morgan fingerprint density at radius 1 is 1.04 bits per heavy atom. The number of anilines is 2. The van der Waals surface area contributed by atoms with Crippen molar-refractivity contribution >= 4 is 33.1 Å². The van der Waals surface area contributed by atoms with Gasteiger partial charge in [-0.3, -0.25) is 14.3 Å². The van der Waals surface area contributed by atoms with E-state index in [1.807, 2.05) is 0 Å². The molecule has 1 heterocycles. The van der Waals surface area contributed by atoms with Crippen molar-refractivity contribution in [3.05, 3.63) is 54.1 Å². The number of amides is 1. The van der Waals surface area contributed by atoms with Crippen molar-refractivity contribution in [3.63, 3.8) is 0 Å². The second-order valence-corrected chi connectivity index (χ2v) is 7.56. The van der Waals surface area contributed by atoms with Crippen molar-refractivity contribution < 1.29 is 18.0 Å². The predicted molar refractivity (Wildman–Crippen MR) is 95.3 cm³/mol. The van der Waals surface area contributed by atoms with Gasteiger partial charge in [-0.05, 0) is 49.7 Å².